The molecule has 110 valence electrons. The van der Waals surface area contributed by atoms with Crippen molar-refractivity contribution < 1.29 is 4.79 Å². The van der Waals surface area contributed by atoms with Crippen molar-refractivity contribution in [2.75, 3.05) is 5.32 Å². The van der Waals surface area contributed by atoms with Gasteiger partial charge < -0.3 is 5.32 Å². The number of anilines is 1. The van der Waals surface area contributed by atoms with Gasteiger partial charge in [-0.15, -0.1) is 10.2 Å². The summed E-state index contributed by atoms with van der Waals surface area (Å²) in [4.78, 5) is 16.6. The number of amides is 1. The molecule has 6 nitrogen and oxygen atoms in total. The largest absolute Gasteiger partial charge is 0.321 e. The third kappa shape index (κ3) is 3.08. The zero-order chi connectivity index (χ0) is 15.5. The molecular weight excluding hydrogens is 325 g/mol. The molecule has 3 rings (SSSR count). The van der Waals surface area contributed by atoms with Crippen molar-refractivity contribution in [2.45, 2.75) is 0 Å². The molecule has 22 heavy (non-hydrogen) atoms. The van der Waals surface area contributed by atoms with Crippen molar-refractivity contribution in [3.63, 3.8) is 0 Å². The number of hydrogen-bond acceptors (Lipinski definition) is 4. The number of rotatable bonds is 3. The molecule has 0 aliphatic heterocycles. The van der Waals surface area contributed by atoms with Crippen LogP contribution in [0.5, 0.6) is 0 Å². The molecule has 0 aliphatic rings. The smallest absolute Gasteiger partial charge is 0.275 e. The molecule has 0 unspecified atom stereocenters. The molecule has 2 aromatic heterocycles. The van der Waals surface area contributed by atoms with E-state index in [0.717, 1.165) is 0 Å². The molecular formula is C14H9Cl2N5O. The fourth-order valence-corrected chi connectivity index (χ4v) is 2.19. The van der Waals surface area contributed by atoms with Gasteiger partial charge in [0.2, 0.25) is 0 Å². The van der Waals surface area contributed by atoms with E-state index in [0.29, 0.717) is 16.5 Å². The molecule has 0 radical (unpaired) electrons. The van der Waals surface area contributed by atoms with Crippen molar-refractivity contribution in [2.24, 2.45) is 0 Å². The summed E-state index contributed by atoms with van der Waals surface area (Å²) in [6.45, 7) is 0. The van der Waals surface area contributed by atoms with Gasteiger partial charge in [-0.25, -0.2) is 4.98 Å². The highest BCUT2D eigenvalue weighted by Gasteiger charge is 2.14. The van der Waals surface area contributed by atoms with E-state index in [4.69, 9.17) is 23.2 Å². The Balaban J connectivity index is 1.90. The van der Waals surface area contributed by atoms with E-state index in [1.54, 1.807) is 41.0 Å². The first kappa shape index (κ1) is 14.5. The number of nitrogens with zero attached hydrogens (tertiary/aromatic N) is 4. The molecule has 2 heterocycles. The fourth-order valence-electron chi connectivity index (χ4n) is 1.81. The summed E-state index contributed by atoms with van der Waals surface area (Å²) in [6, 6.07) is 10.1. The van der Waals surface area contributed by atoms with Crippen molar-refractivity contribution in [3.8, 4) is 5.82 Å². The van der Waals surface area contributed by atoms with Gasteiger partial charge in [-0.2, -0.15) is 0 Å². The van der Waals surface area contributed by atoms with E-state index >= 15 is 0 Å². The van der Waals surface area contributed by atoms with E-state index in [2.05, 4.69) is 20.5 Å². The quantitative estimate of drug-likeness (QED) is 0.798. The van der Waals surface area contributed by atoms with Gasteiger partial charge in [-0.05, 0) is 30.3 Å². The average Bonchev–Trinajstić information content (AvgIpc) is 3.02. The Bertz CT molecular complexity index is 820. The number of nitrogens with one attached hydrogen (secondary N) is 1. The van der Waals surface area contributed by atoms with Crippen LogP contribution >= 0.6 is 23.2 Å². The Morgan fingerprint density at radius 1 is 1.09 bits per heavy atom. The highest BCUT2D eigenvalue weighted by molar-refractivity contribution is 6.34. The Labute approximate surface area is 135 Å². The van der Waals surface area contributed by atoms with Gasteiger partial charge in [0.25, 0.3) is 5.91 Å². The average molecular weight is 334 g/mol. The van der Waals surface area contributed by atoms with E-state index in [1.807, 2.05) is 0 Å². The molecule has 1 amide bonds. The molecule has 0 saturated carbocycles. The topological polar surface area (TPSA) is 72.7 Å². The van der Waals surface area contributed by atoms with Crippen molar-refractivity contribution in [1.29, 1.82) is 0 Å². The Morgan fingerprint density at radius 3 is 2.59 bits per heavy atom. The van der Waals surface area contributed by atoms with Crippen LogP contribution in [-0.2, 0) is 0 Å². The molecule has 1 N–H and O–H groups in total. The standard InChI is InChI=1S/C14H9Cl2N5O/c15-9-2-1-3-10(6-9)19-14(22)13-11(16)4-5-12(20-13)21-7-17-18-8-21/h1-8H,(H,19,22). The molecule has 0 saturated heterocycles. The number of aromatic nitrogens is 4. The monoisotopic (exact) mass is 333 g/mol. The number of halogens is 2. The van der Waals surface area contributed by atoms with E-state index in [9.17, 15) is 4.79 Å². The third-order valence-electron chi connectivity index (χ3n) is 2.81. The van der Waals surface area contributed by atoms with Crippen LogP contribution in [0.3, 0.4) is 0 Å². The number of carbonyl (C=O) groups excluding carboxylic acids is 1. The molecule has 8 heteroatoms. The number of carbonyl (C=O) groups is 1. The van der Waals surface area contributed by atoms with Gasteiger partial charge in [0.1, 0.15) is 24.2 Å². The summed E-state index contributed by atoms with van der Waals surface area (Å²) in [6.07, 6.45) is 2.96. The van der Waals surface area contributed by atoms with Crippen LogP contribution in [0.2, 0.25) is 10.0 Å². The summed E-state index contributed by atoms with van der Waals surface area (Å²) < 4.78 is 1.58. The highest BCUT2D eigenvalue weighted by atomic mass is 35.5. The summed E-state index contributed by atoms with van der Waals surface area (Å²) in [5.74, 6) is 0.0628. The SMILES string of the molecule is O=C(Nc1cccc(Cl)c1)c1nc(-n2cnnc2)ccc1Cl. The number of hydrogen-bond donors (Lipinski definition) is 1. The summed E-state index contributed by atoms with van der Waals surface area (Å²) in [5, 5.41) is 10.9. The lowest BCUT2D eigenvalue weighted by Gasteiger charge is -2.08. The molecule has 0 atom stereocenters. The molecule has 1 aromatic carbocycles. The molecule has 0 aliphatic carbocycles. The first-order valence-electron chi connectivity index (χ1n) is 6.22. The lowest BCUT2D eigenvalue weighted by Crippen LogP contribution is -2.15. The van der Waals surface area contributed by atoms with E-state index in [-0.39, 0.29) is 10.7 Å². The van der Waals surface area contributed by atoms with Gasteiger partial charge in [0, 0.05) is 10.7 Å². The van der Waals surface area contributed by atoms with Gasteiger partial charge in [-0.3, -0.25) is 9.36 Å². The molecule has 0 spiro atoms. The Morgan fingerprint density at radius 2 is 1.86 bits per heavy atom. The summed E-state index contributed by atoms with van der Waals surface area (Å²) in [7, 11) is 0. The maximum absolute atomic E-state index is 12.3. The molecule has 0 fully saturated rings. The van der Waals surface area contributed by atoms with Crippen molar-refractivity contribution in [1.82, 2.24) is 19.7 Å². The molecule has 3 aromatic rings. The lowest BCUT2D eigenvalue weighted by molar-refractivity contribution is 0.102. The van der Waals surface area contributed by atoms with Gasteiger partial charge in [0.05, 0.1) is 5.02 Å². The minimum atomic E-state index is -0.429. The van der Waals surface area contributed by atoms with E-state index < -0.39 is 5.91 Å². The maximum Gasteiger partial charge on any atom is 0.275 e. The Kier molecular flexibility index (Phi) is 4.04. The van der Waals surface area contributed by atoms with Crippen LogP contribution in [0.4, 0.5) is 5.69 Å². The zero-order valence-corrected chi connectivity index (χ0v) is 12.6. The fraction of sp³-hybridized carbons (Fsp3) is 0. The number of benzene rings is 1. The lowest BCUT2D eigenvalue weighted by atomic mass is 10.3. The van der Waals surface area contributed by atoms with Crippen LogP contribution in [0.1, 0.15) is 10.5 Å². The van der Waals surface area contributed by atoms with Crippen LogP contribution in [-0.4, -0.2) is 25.7 Å². The maximum atomic E-state index is 12.3. The second-order valence-electron chi connectivity index (χ2n) is 4.33. The molecule has 0 bridgehead atoms. The van der Waals surface area contributed by atoms with Gasteiger partial charge in [0.15, 0.2) is 0 Å². The highest BCUT2D eigenvalue weighted by Crippen LogP contribution is 2.19. The van der Waals surface area contributed by atoms with Crippen LogP contribution < -0.4 is 5.32 Å². The normalized spacial score (nSPS) is 10.5. The van der Waals surface area contributed by atoms with E-state index in [1.165, 1.54) is 12.7 Å². The second kappa shape index (κ2) is 6.13. The predicted octanol–water partition coefficient (Wildman–Crippen LogP) is 3.22. The first-order chi connectivity index (χ1) is 10.6. The first-order valence-corrected chi connectivity index (χ1v) is 6.97. The third-order valence-corrected chi connectivity index (χ3v) is 3.35. The minimum absolute atomic E-state index is 0.104. The van der Waals surface area contributed by atoms with Crippen LogP contribution in [0.25, 0.3) is 5.82 Å². The van der Waals surface area contributed by atoms with Gasteiger partial charge >= 0.3 is 0 Å². The zero-order valence-electron chi connectivity index (χ0n) is 11.1. The van der Waals surface area contributed by atoms with Crippen molar-refractivity contribution in [3.05, 3.63) is 64.8 Å². The number of pyridine rings is 1. The summed E-state index contributed by atoms with van der Waals surface area (Å²) in [5.41, 5.74) is 0.665. The minimum Gasteiger partial charge on any atom is -0.321 e. The second-order valence-corrected chi connectivity index (χ2v) is 5.18. The van der Waals surface area contributed by atoms with Crippen molar-refractivity contribution >= 4 is 34.8 Å². The predicted molar refractivity (Wildman–Crippen MR) is 83.6 cm³/mol. The van der Waals surface area contributed by atoms with Crippen LogP contribution in [0, 0.1) is 0 Å². The summed E-state index contributed by atoms with van der Waals surface area (Å²) >= 11 is 11.9. The van der Waals surface area contributed by atoms with Gasteiger partial charge in [-0.1, -0.05) is 29.3 Å². The Hall–Kier alpha value is -2.44. The van der Waals surface area contributed by atoms with Crippen LogP contribution in [0.15, 0.2) is 49.1 Å².